The SMILES string of the molecule is ClCc1nccn1CC1CCCc2ccccc21. The van der Waals surface area contributed by atoms with Crippen LogP contribution in [0.25, 0.3) is 0 Å². The second-order valence-electron chi connectivity index (χ2n) is 4.92. The lowest BCUT2D eigenvalue weighted by atomic mass is 9.83. The number of nitrogens with zero attached hydrogens (tertiary/aromatic N) is 2. The molecule has 2 aromatic rings. The number of aromatic nitrogens is 2. The van der Waals surface area contributed by atoms with E-state index < -0.39 is 0 Å². The molecule has 1 unspecified atom stereocenters. The smallest absolute Gasteiger partial charge is 0.123 e. The van der Waals surface area contributed by atoms with Crippen molar-refractivity contribution in [2.24, 2.45) is 0 Å². The molecule has 0 radical (unpaired) electrons. The summed E-state index contributed by atoms with van der Waals surface area (Å²) in [5.74, 6) is 2.06. The van der Waals surface area contributed by atoms with Crippen molar-refractivity contribution in [3.63, 3.8) is 0 Å². The molecule has 3 rings (SSSR count). The van der Waals surface area contributed by atoms with Crippen molar-refractivity contribution >= 4 is 11.6 Å². The first-order valence-corrected chi connectivity index (χ1v) is 7.05. The molecule has 0 amide bonds. The van der Waals surface area contributed by atoms with E-state index in [-0.39, 0.29) is 0 Å². The van der Waals surface area contributed by atoms with Crippen molar-refractivity contribution in [2.45, 2.75) is 37.6 Å². The zero-order valence-corrected chi connectivity index (χ0v) is 11.1. The third kappa shape index (κ3) is 2.17. The van der Waals surface area contributed by atoms with Gasteiger partial charge in [0.1, 0.15) is 5.82 Å². The van der Waals surface area contributed by atoms with Gasteiger partial charge in [-0.05, 0) is 30.4 Å². The fourth-order valence-corrected chi connectivity index (χ4v) is 3.14. The molecule has 1 atom stereocenters. The normalized spacial score (nSPS) is 18.6. The Morgan fingerprint density at radius 1 is 1.33 bits per heavy atom. The van der Waals surface area contributed by atoms with Crippen molar-refractivity contribution in [3.05, 3.63) is 53.6 Å². The van der Waals surface area contributed by atoms with Crippen molar-refractivity contribution in [1.82, 2.24) is 9.55 Å². The number of alkyl halides is 1. The van der Waals surface area contributed by atoms with Crippen molar-refractivity contribution in [2.75, 3.05) is 0 Å². The predicted molar refractivity (Wildman–Crippen MR) is 73.9 cm³/mol. The number of fused-ring (bicyclic) bond motifs is 1. The van der Waals surface area contributed by atoms with E-state index in [2.05, 4.69) is 33.8 Å². The van der Waals surface area contributed by atoms with E-state index in [1.54, 1.807) is 0 Å². The maximum absolute atomic E-state index is 5.91. The van der Waals surface area contributed by atoms with Gasteiger partial charge in [0.25, 0.3) is 0 Å². The molecule has 0 fully saturated rings. The van der Waals surface area contributed by atoms with Crippen molar-refractivity contribution in [3.8, 4) is 0 Å². The number of rotatable bonds is 3. The van der Waals surface area contributed by atoms with Crippen LogP contribution in [0, 0.1) is 0 Å². The summed E-state index contributed by atoms with van der Waals surface area (Å²) in [5.41, 5.74) is 3.03. The lowest BCUT2D eigenvalue weighted by Crippen LogP contribution is -2.16. The first kappa shape index (κ1) is 11.8. The average molecular weight is 261 g/mol. The number of imidazole rings is 1. The van der Waals surface area contributed by atoms with Crippen LogP contribution in [0.5, 0.6) is 0 Å². The first-order chi connectivity index (χ1) is 8.88. The van der Waals surface area contributed by atoms with E-state index in [1.165, 1.54) is 30.4 Å². The summed E-state index contributed by atoms with van der Waals surface area (Å²) in [6, 6.07) is 8.82. The Morgan fingerprint density at radius 3 is 3.11 bits per heavy atom. The van der Waals surface area contributed by atoms with Gasteiger partial charge in [0.15, 0.2) is 0 Å². The molecule has 0 saturated heterocycles. The average Bonchev–Trinajstić information content (AvgIpc) is 2.86. The van der Waals surface area contributed by atoms with Crippen LogP contribution in [0.1, 0.15) is 35.7 Å². The molecule has 0 aliphatic heterocycles. The molecule has 1 aliphatic carbocycles. The Hall–Kier alpha value is -1.28. The molecule has 1 heterocycles. The van der Waals surface area contributed by atoms with Crippen LogP contribution in [0.15, 0.2) is 36.7 Å². The second kappa shape index (κ2) is 5.15. The zero-order valence-electron chi connectivity index (χ0n) is 10.3. The predicted octanol–water partition coefficient (Wildman–Crippen LogP) is 3.74. The van der Waals surface area contributed by atoms with Crippen LogP contribution in [0.3, 0.4) is 0 Å². The van der Waals surface area contributed by atoms with Crippen LogP contribution in [-0.2, 0) is 18.8 Å². The van der Waals surface area contributed by atoms with Crippen molar-refractivity contribution in [1.29, 1.82) is 0 Å². The number of hydrogen-bond donors (Lipinski definition) is 0. The Labute approximate surface area is 113 Å². The Bertz CT molecular complexity index is 533. The van der Waals surface area contributed by atoms with E-state index in [1.807, 2.05) is 12.4 Å². The number of hydrogen-bond acceptors (Lipinski definition) is 1. The Morgan fingerprint density at radius 2 is 2.22 bits per heavy atom. The minimum absolute atomic E-state index is 0.487. The molecule has 0 spiro atoms. The topological polar surface area (TPSA) is 17.8 Å². The quantitative estimate of drug-likeness (QED) is 0.769. The van der Waals surface area contributed by atoms with E-state index in [4.69, 9.17) is 11.6 Å². The van der Waals surface area contributed by atoms with Crippen LogP contribution < -0.4 is 0 Å². The van der Waals surface area contributed by atoms with Gasteiger partial charge in [-0.25, -0.2) is 4.98 Å². The van der Waals surface area contributed by atoms with Crippen LogP contribution >= 0.6 is 11.6 Å². The molecule has 1 aromatic heterocycles. The van der Waals surface area contributed by atoms with Gasteiger partial charge in [0.05, 0.1) is 5.88 Å². The molecule has 0 bridgehead atoms. The Kier molecular flexibility index (Phi) is 3.37. The molecular formula is C15H17ClN2. The summed E-state index contributed by atoms with van der Waals surface area (Å²) in [4.78, 5) is 4.29. The van der Waals surface area contributed by atoms with Gasteiger partial charge in [-0.15, -0.1) is 11.6 Å². The Balaban J connectivity index is 1.86. The molecule has 1 aliphatic rings. The van der Waals surface area contributed by atoms with Gasteiger partial charge < -0.3 is 4.57 Å². The zero-order chi connectivity index (χ0) is 12.4. The summed E-state index contributed by atoms with van der Waals surface area (Å²) in [6.45, 7) is 0.999. The maximum atomic E-state index is 5.91. The monoisotopic (exact) mass is 260 g/mol. The highest BCUT2D eigenvalue weighted by atomic mass is 35.5. The molecule has 94 valence electrons. The van der Waals surface area contributed by atoms with Gasteiger partial charge in [-0.3, -0.25) is 0 Å². The van der Waals surface area contributed by atoms with Gasteiger partial charge in [0, 0.05) is 24.9 Å². The summed E-state index contributed by atoms with van der Waals surface area (Å²) in [7, 11) is 0. The first-order valence-electron chi connectivity index (χ1n) is 6.52. The molecular weight excluding hydrogens is 244 g/mol. The fraction of sp³-hybridized carbons (Fsp3) is 0.400. The highest BCUT2D eigenvalue weighted by Crippen LogP contribution is 2.32. The van der Waals surface area contributed by atoms with E-state index in [0.717, 1.165) is 12.4 Å². The lowest BCUT2D eigenvalue weighted by Gasteiger charge is -2.26. The van der Waals surface area contributed by atoms with E-state index in [9.17, 15) is 0 Å². The molecule has 1 aromatic carbocycles. The highest BCUT2D eigenvalue weighted by Gasteiger charge is 2.20. The molecule has 2 nitrogen and oxygen atoms in total. The summed E-state index contributed by atoms with van der Waals surface area (Å²) < 4.78 is 2.19. The lowest BCUT2D eigenvalue weighted by molar-refractivity contribution is 0.477. The minimum Gasteiger partial charge on any atom is -0.333 e. The fourth-order valence-electron chi connectivity index (χ4n) is 2.92. The standard InChI is InChI=1S/C15H17ClN2/c16-10-15-17-8-9-18(15)11-13-6-3-5-12-4-1-2-7-14(12)13/h1-2,4,7-9,13H,3,5-6,10-11H2. The van der Waals surface area contributed by atoms with Crippen molar-refractivity contribution < 1.29 is 0 Å². The van der Waals surface area contributed by atoms with Gasteiger partial charge in [-0.2, -0.15) is 0 Å². The number of halogens is 1. The number of aryl methyl sites for hydroxylation is 1. The third-order valence-electron chi connectivity index (χ3n) is 3.83. The summed E-state index contributed by atoms with van der Waals surface area (Å²) in [5, 5.41) is 0. The highest BCUT2D eigenvalue weighted by molar-refractivity contribution is 6.16. The molecule has 3 heteroatoms. The van der Waals surface area contributed by atoms with Gasteiger partial charge in [-0.1, -0.05) is 24.3 Å². The van der Waals surface area contributed by atoms with Gasteiger partial charge in [0.2, 0.25) is 0 Å². The molecule has 0 saturated carbocycles. The van der Waals surface area contributed by atoms with Crippen LogP contribution in [0.4, 0.5) is 0 Å². The minimum atomic E-state index is 0.487. The molecule has 18 heavy (non-hydrogen) atoms. The van der Waals surface area contributed by atoms with Crippen LogP contribution in [-0.4, -0.2) is 9.55 Å². The summed E-state index contributed by atoms with van der Waals surface area (Å²) >= 11 is 5.91. The largest absolute Gasteiger partial charge is 0.333 e. The van der Waals surface area contributed by atoms with E-state index >= 15 is 0 Å². The van der Waals surface area contributed by atoms with E-state index in [0.29, 0.717) is 11.8 Å². The third-order valence-corrected chi connectivity index (χ3v) is 4.07. The van der Waals surface area contributed by atoms with Crippen LogP contribution in [0.2, 0.25) is 0 Å². The molecule has 0 N–H and O–H groups in total. The maximum Gasteiger partial charge on any atom is 0.123 e. The van der Waals surface area contributed by atoms with Gasteiger partial charge >= 0.3 is 0 Å². The second-order valence-corrected chi connectivity index (χ2v) is 5.18. The number of benzene rings is 1. The summed E-state index contributed by atoms with van der Waals surface area (Å²) in [6.07, 6.45) is 7.64.